The fraction of sp³-hybridized carbons (Fsp3) is 0.467. The van der Waals surface area contributed by atoms with E-state index in [-0.39, 0.29) is 16.4 Å². The highest BCUT2D eigenvalue weighted by atomic mass is 32.2. The van der Waals surface area contributed by atoms with Gasteiger partial charge in [0.2, 0.25) is 10.0 Å². The first-order chi connectivity index (χ1) is 11.3. The van der Waals surface area contributed by atoms with Crippen molar-refractivity contribution >= 4 is 15.9 Å². The van der Waals surface area contributed by atoms with E-state index in [0.29, 0.717) is 0 Å². The summed E-state index contributed by atoms with van der Waals surface area (Å²) in [5.41, 5.74) is -1.45. The Hall–Kier alpha value is -2.12. The minimum atomic E-state index is -4.54. The van der Waals surface area contributed by atoms with Gasteiger partial charge in [-0.25, -0.2) is 8.42 Å². The van der Waals surface area contributed by atoms with Gasteiger partial charge in [-0.1, -0.05) is 13.8 Å². The minimum Gasteiger partial charge on any atom is -0.343 e. The van der Waals surface area contributed by atoms with Crippen molar-refractivity contribution in [2.75, 3.05) is 6.54 Å². The predicted molar refractivity (Wildman–Crippen MR) is 84.0 cm³/mol. The van der Waals surface area contributed by atoms with Crippen LogP contribution in [0.5, 0.6) is 0 Å². The first-order valence-corrected chi connectivity index (χ1v) is 8.69. The van der Waals surface area contributed by atoms with Crippen molar-refractivity contribution in [3.05, 3.63) is 29.8 Å². The molecule has 0 aliphatic heterocycles. The second kappa shape index (κ2) is 7.41. The summed E-state index contributed by atoms with van der Waals surface area (Å²) < 4.78 is 63.2. The highest BCUT2D eigenvalue weighted by Gasteiger charge is 2.34. The Labute approximate surface area is 144 Å². The van der Waals surface area contributed by atoms with E-state index in [1.165, 1.54) is 6.92 Å². The molecule has 25 heavy (non-hydrogen) atoms. The van der Waals surface area contributed by atoms with Crippen molar-refractivity contribution in [1.29, 1.82) is 5.26 Å². The van der Waals surface area contributed by atoms with Gasteiger partial charge in [0.1, 0.15) is 12.1 Å². The van der Waals surface area contributed by atoms with Gasteiger partial charge in [0.05, 0.1) is 11.0 Å². The number of benzene rings is 1. The van der Waals surface area contributed by atoms with E-state index in [2.05, 4.69) is 4.72 Å². The van der Waals surface area contributed by atoms with Crippen molar-refractivity contribution in [2.24, 2.45) is 5.92 Å². The van der Waals surface area contributed by atoms with E-state index in [0.717, 1.165) is 24.3 Å². The number of sulfonamides is 1. The zero-order chi connectivity index (χ0) is 19.5. The second-order valence-corrected chi connectivity index (χ2v) is 7.58. The molecular formula is C15H18F3N3O3S. The van der Waals surface area contributed by atoms with E-state index in [1.54, 1.807) is 19.2 Å². The summed E-state index contributed by atoms with van der Waals surface area (Å²) in [6, 6.07) is 6.27. The van der Waals surface area contributed by atoms with Crippen LogP contribution in [0.1, 0.15) is 31.1 Å². The summed E-state index contributed by atoms with van der Waals surface area (Å²) in [5, 5.41) is 10.9. The van der Waals surface area contributed by atoms with Crippen LogP contribution in [0.25, 0.3) is 0 Å². The third kappa shape index (κ3) is 5.72. The number of hydrogen-bond acceptors (Lipinski definition) is 4. The fourth-order valence-electron chi connectivity index (χ4n) is 1.68. The van der Waals surface area contributed by atoms with E-state index in [1.807, 2.05) is 6.07 Å². The van der Waals surface area contributed by atoms with Crippen LogP contribution in [0.4, 0.5) is 13.2 Å². The molecule has 10 heteroatoms. The minimum absolute atomic E-state index is 0.116. The van der Waals surface area contributed by atoms with Crippen molar-refractivity contribution in [3.8, 4) is 6.07 Å². The summed E-state index contributed by atoms with van der Waals surface area (Å²) in [6.07, 6.45) is -4.54. The van der Waals surface area contributed by atoms with Crippen LogP contribution < -0.4 is 10.0 Å². The summed E-state index contributed by atoms with van der Waals surface area (Å²) in [5.74, 6) is -1.28. The number of nitrogens with zero attached hydrogens (tertiary/aromatic N) is 1. The Bertz CT molecular complexity index is 768. The Balaban J connectivity index is 2.95. The smallest absolute Gasteiger partial charge is 0.343 e. The lowest BCUT2D eigenvalue weighted by Gasteiger charge is -2.26. The van der Waals surface area contributed by atoms with Crippen LogP contribution >= 0.6 is 0 Å². The maximum atomic E-state index is 12.3. The van der Waals surface area contributed by atoms with Crippen LogP contribution in [0.2, 0.25) is 0 Å². The second-order valence-electron chi connectivity index (χ2n) is 5.90. The SMILES string of the molecule is CC(C)[C@@](C)(C#N)NS(=O)(=O)c1ccc(C(=O)NCC(F)(F)F)cc1. The molecule has 0 bridgehead atoms. The third-order valence-corrected chi connectivity index (χ3v) is 5.20. The summed E-state index contributed by atoms with van der Waals surface area (Å²) in [7, 11) is -4.04. The molecule has 0 heterocycles. The van der Waals surface area contributed by atoms with Crippen molar-refractivity contribution < 1.29 is 26.4 Å². The molecule has 0 radical (unpaired) electrons. The van der Waals surface area contributed by atoms with Crippen LogP contribution in [0.15, 0.2) is 29.2 Å². The molecule has 138 valence electrons. The first kappa shape index (κ1) is 20.9. The van der Waals surface area contributed by atoms with Crippen molar-refractivity contribution in [1.82, 2.24) is 10.0 Å². The lowest BCUT2D eigenvalue weighted by Crippen LogP contribution is -2.48. The number of amides is 1. The molecule has 0 aliphatic carbocycles. The largest absolute Gasteiger partial charge is 0.405 e. The number of carbonyl (C=O) groups excluding carboxylic acids is 1. The lowest BCUT2D eigenvalue weighted by molar-refractivity contribution is -0.123. The van der Waals surface area contributed by atoms with Crippen LogP contribution in [0, 0.1) is 17.2 Å². The van der Waals surface area contributed by atoms with Gasteiger partial charge in [-0.3, -0.25) is 4.79 Å². The molecule has 0 saturated heterocycles. The predicted octanol–water partition coefficient (Wildman–Crippen LogP) is 2.20. The van der Waals surface area contributed by atoms with Gasteiger partial charge in [-0.2, -0.15) is 23.2 Å². The molecule has 1 amide bonds. The first-order valence-electron chi connectivity index (χ1n) is 7.21. The Morgan fingerprint density at radius 2 is 1.76 bits per heavy atom. The number of hydrogen-bond donors (Lipinski definition) is 2. The van der Waals surface area contributed by atoms with Gasteiger partial charge in [-0.15, -0.1) is 0 Å². The fourth-order valence-corrected chi connectivity index (χ4v) is 3.13. The van der Waals surface area contributed by atoms with Gasteiger partial charge in [0.15, 0.2) is 0 Å². The molecule has 0 unspecified atom stereocenters. The van der Waals surface area contributed by atoms with E-state index in [9.17, 15) is 31.6 Å². The van der Waals surface area contributed by atoms with Crippen LogP contribution in [-0.2, 0) is 10.0 Å². The van der Waals surface area contributed by atoms with E-state index < -0.39 is 34.2 Å². The topological polar surface area (TPSA) is 99.1 Å². The monoisotopic (exact) mass is 377 g/mol. The Kier molecular flexibility index (Phi) is 6.20. The molecule has 1 aromatic rings. The molecule has 0 fully saturated rings. The highest BCUT2D eigenvalue weighted by Crippen LogP contribution is 2.20. The number of nitrogens with one attached hydrogen (secondary N) is 2. The van der Waals surface area contributed by atoms with E-state index >= 15 is 0 Å². The third-order valence-electron chi connectivity index (χ3n) is 3.61. The number of rotatable bonds is 6. The molecule has 1 aromatic carbocycles. The number of halogens is 3. The number of nitriles is 1. The van der Waals surface area contributed by atoms with Crippen LogP contribution in [-0.4, -0.2) is 32.6 Å². The maximum absolute atomic E-state index is 12.3. The van der Waals surface area contributed by atoms with E-state index in [4.69, 9.17) is 0 Å². The standard InChI is InChI=1S/C15H18F3N3O3S/c1-10(2)14(3,8-19)21-25(23,24)12-6-4-11(5-7-12)13(22)20-9-15(16,17)18/h4-7,10,21H,9H2,1-3H3,(H,20,22)/t14-/m1/s1. The van der Waals surface area contributed by atoms with Crippen LogP contribution in [0.3, 0.4) is 0 Å². The van der Waals surface area contributed by atoms with Gasteiger partial charge in [0, 0.05) is 5.56 Å². The number of alkyl halides is 3. The van der Waals surface area contributed by atoms with Gasteiger partial charge in [0.25, 0.3) is 5.91 Å². The molecular weight excluding hydrogens is 359 g/mol. The molecule has 0 saturated carbocycles. The maximum Gasteiger partial charge on any atom is 0.405 e. The Morgan fingerprint density at radius 3 is 2.16 bits per heavy atom. The number of carbonyl (C=O) groups is 1. The lowest BCUT2D eigenvalue weighted by atomic mass is 9.92. The van der Waals surface area contributed by atoms with Gasteiger partial charge >= 0.3 is 6.18 Å². The molecule has 0 aliphatic rings. The Morgan fingerprint density at radius 1 is 1.24 bits per heavy atom. The molecule has 2 N–H and O–H groups in total. The van der Waals surface area contributed by atoms with Crippen molar-refractivity contribution in [3.63, 3.8) is 0 Å². The quantitative estimate of drug-likeness (QED) is 0.794. The zero-order valence-corrected chi connectivity index (χ0v) is 14.6. The molecule has 1 rings (SSSR count). The highest BCUT2D eigenvalue weighted by molar-refractivity contribution is 7.89. The average molecular weight is 377 g/mol. The van der Waals surface area contributed by atoms with Gasteiger partial charge in [-0.05, 0) is 37.1 Å². The molecule has 6 nitrogen and oxygen atoms in total. The molecule has 1 atom stereocenters. The van der Waals surface area contributed by atoms with Crippen molar-refractivity contribution in [2.45, 2.75) is 37.4 Å². The summed E-state index contributed by atoms with van der Waals surface area (Å²) in [6.45, 7) is 3.32. The average Bonchev–Trinajstić information content (AvgIpc) is 2.51. The normalized spacial score (nSPS) is 14.6. The zero-order valence-electron chi connectivity index (χ0n) is 13.8. The summed E-state index contributed by atoms with van der Waals surface area (Å²) >= 11 is 0. The molecule has 0 spiro atoms. The summed E-state index contributed by atoms with van der Waals surface area (Å²) in [4.78, 5) is 11.4. The van der Waals surface area contributed by atoms with Gasteiger partial charge < -0.3 is 5.32 Å². The molecule has 0 aromatic heterocycles.